The Morgan fingerprint density at radius 2 is 1.79 bits per heavy atom. The van der Waals surface area contributed by atoms with Gasteiger partial charge in [0.2, 0.25) is 0 Å². The molecule has 2 aliphatic heterocycles. The Morgan fingerprint density at radius 3 is 2.32 bits per heavy atom. The molecule has 0 unspecified atom stereocenters. The Hall–Kier alpha value is -1.63. The first-order valence-electron chi connectivity index (χ1n) is 13.4. The predicted molar refractivity (Wildman–Crippen MR) is 150 cm³/mol. The maximum atomic E-state index is 12.6. The lowest BCUT2D eigenvalue weighted by atomic mass is 9.97. The van der Waals surface area contributed by atoms with Crippen LogP contribution in [0.25, 0.3) is 0 Å². The Bertz CT molecular complexity index is 701. The van der Waals surface area contributed by atoms with E-state index in [9.17, 15) is 4.79 Å². The van der Waals surface area contributed by atoms with Crippen LogP contribution in [0.5, 0.6) is 0 Å². The fourth-order valence-corrected chi connectivity index (χ4v) is 5.60. The van der Waals surface area contributed by atoms with E-state index in [-0.39, 0.29) is 6.03 Å². The zero-order valence-corrected chi connectivity index (χ0v) is 23.5. The number of carbonyl (C=O) groups excluding carboxylic acids is 1. The molecule has 2 amide bonds. The van der Waals surface area contributed by atoms with E-state index in [1.165, 1.54) is 36.4 Å². The van der Waals surface area contributed by atoms with Crippen LogP contribution in [0.15, 0.2) is 36.3 Å². The van der Waals surface area contributed by atoms with Gasteiger partial charge in [-0.05, 0) is 56.5 Å². The highest BCUT2D eigenvalue weighted by Crippen LogP contribution is 2.25. The van der Waals surface area contributed by atoms with Gasteiger partial charge in [-0.15, -0.1) is 17.9 Å². The van der Waals surface area contributed by atoms with Crippen LogP contribution in [-0.2, 0) is 6.54 Å². The van der Waals surface area contributed by atoms with Crippen molar-refractivity contribution in [2.45, 2.75) is 85.9 Å². The number of carbonyl (C=O) groups is 1. The van der Waals surface area contributed by atoms with Gasteiger partial charge in [0.1, 0.15) is 0 Å². The van der Waals surface area contributed by atoms with Crippen molar-refractivity contribution in [2.75, 3.05) is 39.3 Å². The molecule has 0 spiro atoms. The molecule has 2 aliphatic rings. The average Bonchev–Trinajstić information content (AvgIpc) is 3.30. The van der Waals surface area contributed by atoms with E-state index in [0.717, 1.165) is 32.5 Å². The topological polar surface area (TPSA) is 38.8 Å². The van der Waals surface area contributed by atoms with E-state index in [2.05, 4.69) is 46.1 Å². The first-order valence-corrected chi connectivity index (χ1v) is 14.3. The van der Waals surface area contributed by atoms with Crippen LogP contribution in [-0.4, -0.2) is 72.1 Å². The molecule has 0 saturated carbocycles. The van der Waals surface area contributed by atoms with Gasteiger partial charge in [0.05, 0.1) is 0 Å². The summed E-state index contributed by atoms with van der Waals surface area (Å²) in [5.74, 6) is 0. The fourth-order valence-electron chi connectivity index (χ4n) is 4.65. The monoisotopic (exact) mass is 490 g/mol. The lowest BCUT2D eigenvalue weighted by molar-refractivity contribution is 0.0641. The first-order chi connectivity index (χ1) is 16.6. The van der Waals surface area contributed by atoms with Gasteiger partial charge in [0.15, 0.2) is 0 Å². The zero-order valence-electron chi connectivity index (χ0n) is 22.7. The third-order valence-electron chi connectivity index (χ3n) is 6.55. The third kappa shape index (κ3) is 9.55. The van der Waals surface area contributed by atoms with Crippen LogP contribution in [0.3, 0.4) is 0 Å². The Labute approximate surface area is 213 Å². The molecule has 6 heteroatoms. The lowest BCUT2D eigenvalue weighted by Crippen LogP contribution is -2.53. The number of likely N-dealkylation sites (tertiary alicyclic amines) is 2. The summed E-state index contributed by atoms with van der Waals surface area (Å²) in [6, 6.07) is 3.28. The molecule has 194 valence electrons. The van der Waals surface area contributed by atoms with E-state index < -0.39 is 0 Å². The molecule has 5 nitrogen and oxygen atoms in total. The largest absolute Gasteiger partial charge is 0.335 e. The van der Waals surface area contributed by atoms with Crippen LogP contribution in [0.4, 0.5) is 4.79 Å². The summed E-state index contributed by atoms with van der Waals surface area (Å²) in [6.07, 6.45) is 10.5. The quantitative estimate of drug-likeness (QED) is 0.434. The number of nitrogens with zero attached hydrogens (tertiary/aromatic N) is 3. The van der Waals surface area contributed by atoms with E-state index in [1.807, 2.05) is 56.9 Å². The number of thiophene rings is 1. The van der Waals surface area contributed by atoms with Crippen LogP contribution in [0.1, 0.15) is 70.7 Å². The summed E-state index contributed by atoms with van der Waals surface area (Å²) in [5, 5.41) is 5.16. The van der Waals surface area contributed by atoms with Crippen molar-refractivity contribution in [1.29, 1.82) is 0 Å². The maximum absolute atomic E-state index is 12.6. The number of urea groups is 1. The minimum Gasteiger partial charge on any atom is -0.335 e. The summed E-state index contributed by atoms with van der Waals surface area (Å²) in [5.41, 5.74) is 1.43. The Kier molecular flexibility index (Phi) is 15.9. The standard InChI is InChI=1S/C24H38N4OS.2C2H6/c1-4-6-13-28(24(29)25-12-5-2)22-9-16-27(17-10-22)21-7-14-26(15-8-21)19-23-20(3)11-18-30-23;2*1-2/h4-6,11,18,21-22H,2,7-10,12-17,19H2,1,3H3,(H,25,29);2*1-2H3/b6-4-;;. The number of nitrogens with one attached hydrogen (secondary N) is 1. The van der Waals surface area contributed by atoms with Crippen LogP contribution in [0.2, 0.25) is 0 Å². The number of allylic oxidation sites excluding steroid dienone is 1. The van der Waals surface area contributed by atoms with Crippen molar-refractivity contribution in [3.8, 4) is 0 Å². The Balaban J connectivity index is 0.00000137. The summed E-state index contributed by atoms with van der Waals surface area (Å²) < 4.78 is 0. The molecule has 0 aromatic carbocycles. The normalized spacial score (nSPS) is 17.9. The predicted octanol–water partition coefficient (Wildman–Crippen LogP) is 6.31. The number of hydrogen-bond acceptors (Lipinski definition) is 4. The van der Waals surface area contributed by atoms with Crippen molar-refractivity contribution >= 4 is 17.4 Å². The first kappa shape index (κ1) is 30.4. The molecule has 2 fully saturated rings. The Morgan fingerprint density at radius 1 is 1.15 bits per heavy atom. The van der Waals surface area contributed by atoms with Gasteiger partial charge >= 0.3 is 6.03 Å². The molecular formula is C28H50N4OS. The second-order valence-electron chi connectivity index (χ2n) is 8.50. The van der Waals surface area contributed by atoms with E-state index in [1.54, 1.807) is 6.08 Å². The maximum Gasteiger partial charge on any atom is 0.318 e. The summed E-state index contributed by atoms with van der Waals surface area (Å²) in [4.78, 5) is 21.4. The number of amides is 2. The van der Waals surface area contributed by atoms with Crippen molar-refractivity contribution < 1.29 is 4.79 Å². The van der Waals surface area contributed by atoms with E-state index in [0.29, 0.717) is 25.2 Å². The highest BCUT2D eigenvalue weighted by Gasteiger charge is 2.31. The van der Waals surface area contributed by atoms with Gasteiger partial charge in [0.25, 0.3) is 0 Å². The summed E-state index contributed by atoms with van der Waals surface area (Å²) in [7, 11) is 0. The van der Waals surface area contributed by atoms with Crippen molar-refractivity contribution in [1.82, 2.24) is 20.0 Å². The van der Waals surface area contributed by atoms with E-state index >= 15 is 0 Å². The zero-order chi connectivity index (χ0) is 25.3. The van der Waals surface area contributed by atoms with Gasteiger partial charge < -0.3 is 15.1 Å². The molecular weight excluding hydrogens is 440 g/mol. The molecule has 2 saturated heterocycles. The van der Waals surface area contributed by atoms with Crippen LogP contribution >= 0.6 is 11.3 Å². The number of piperidine rings is 2. The average molecular weight is 491 g/mol. The van der Waals surface area contributed by atoms with Gasteiger partial charge in [-0.1, -0.05) is 45.9 Å². The summed E-state index contributed by atoms with van der Waals surface area (Å²) in [6.45, 7) is 22.8. The minimum absolute atomic E-state index is 0.0311. The molecule has 0 aliphatic carbocycles. The second-order valence-corrected chi connectivity index (χ2v) is 9.50. The van der Waals surface area contributed by atoms with Gasteiger partial charge in [-0.3, -0.25) is 4.90 Å². The van der Waals surface area contributed by atoms with Crippen molar-refractivity contribution in [2.24, 2.45) is 0 Å². The molecule has 1 aromatic rings. The molecule has 0 atom stereocenters. The molecule has 1 aromatic heterocycles. The SMILES string of the molecule is C=CCNC(=O)N(C/C=C\C)C1CCN(C2CCN(Cc3sccc3C)CC2)CC1.CC.CC. The van der Waals surface area contributed by atoms with Crippen molar-refractivity contribution in [3.05, 3.63) is 46.7 Å². The van der Waals surface area contributed by atoms with Gasteiger partial charge in [-0.2, -0.15) is 0 Å². The van der Waals surface area contributed by atoms with Gasteiger partial charge in [0, 0.05) is 62.8 Å². The van der Waals surface area contributed by atoms with Crippen LogP contribution in [0, 0.1) is 6.92 Å². The fraction of sp³-hybridized carbons (Fsp3) is 0.679. The highest BCUT2D eigenvalue weighted by molar-refractivity contribution is 7.10. The highest BCUT2D eigenvalue weighted by atomic mass is 32.1. The molecule has 34 heavy (non-hydrogen) atoms. The molecule has 1 N–H and O–H groups in total. The lowest BCUT2D eigenvalue weighted by Gasteiger charge is -2.43. The third-order valence-corrected chi connectivity index (χ3v) is 7.55. The van der Waals surface area contributed by atoms with E-state index in [4.69, 9.17) is 0 Å². The number of rotatable bonds is 8. The second kappa shape index (κ2) is 17.8. The molecule has 3 rings (SSSR count). The smallest absolute Gasteiger partial charge is 0.318 e. The van der Waals surface area contributed by atoms with Crippen LogP contribution < -0.4 is 5.32 Å². The van der Waals surface area contributed by atoms with Gasteiger partial charge in [-0.25, -0.2) is 4.79 Å². The van der Waals surface area contributed by atoms with Crippen molar-refractivity contribution in [3.63, 3.8) is 0 Å². The number of hydrogen-bond donors (Lipinski definition) is 1. The summed E-state index contributed by atoms with van der Waals surface area (Å²) >= 11 is 1.89. The molecule has 0 radical (unpaired) electrons. The minimum atomic E-state index is 0.0311. The molecule has 3 heterocycles. The molecule has 0 bridgehead atoms. The number of aryl methyl sites for hydroxylation is 1.